The molecule has 4 aromatic rings. The zero-order valence-corrected chi connectivity index (χ0v) is 15.9. The van der Waals surface area contributed by atoms with Crippen LogP contribution in [-0.2, 0) is 6.18 Å². The zero-order chi connectivity index (χ0) is 21.0. The Morgan fingerprint density at radius 3 is 1.55 bits per heavy atom. The second-order valence-electron chi connectivity index (χ2n) is 6.37. The van der Waals surface area contributed by atoms with Gasteiger partial charge in [-0.2, -0.15) is 23.4 Å². The molecule has 0 aliphatic heterocycles. The van der Waals surface area contributed by atoms with Crippen LogP contribution in [0.1, 0.15) is 17.1 Å². The molecule has 2 aromatic heterocycles. The molecule has 0 atom stereocenters. The highest BCUT2D eigenvalue weighted by atomic mass is 19.4. The number of rotatable bonds is 2. The number of anilines is 1. The van der Waals surface area contributed by atoms with Crippen molar-refractivity contribution in [1.29, 1.82) is 0 Å². The number of aromatic nitrogens is 4. The minimum Gasteiger partial charge on any atom is -0.382 e. The van der Waals surface area contributed by atoms with Crippen molar-refractivity contribution < 1.29 is 13.2 Å². The van der Waals surface area contributed by atoms with Crippen molar-refractivity contribution in [3.8, 4) is 11.4 Å². The second kappa shape index (κ2) is 8.22. The molecule has 29 heavy (non-hydrogen) atoms. The Morgan fingerprint density at radius 2 is 1.17 bits per heavy atom. The van der Waals surface area contributed by atoms with Crippen molar-refractivity contribution in [2.45, 2.75) is 20.0 Å². The lowest BCUT2D eigenvalue weighted by Gasteiger charge is -2.03. The van der Waals surface area contributed by atoms with Crippen LogP contribution in [0, 0.1) is 13.8 Å². The van der Waals surface area contributed by atoms with E-state index in [1.165, 1.54) is 4.68 Å². The lowest BCUT2D eigenvalue weighted by Crippen LogP contribution is -2.07. The third-order valence-electron chi connectivity index (χ3n) is 4.09. The highest BCUT2D eigenvalue weighted by Crippen LogP contribution is 2.29. The summed E-state index contributed by atoms with van der Waals surface area (Å²) in [5.41, 5.74) is 7.88. The van der Waals surface area contributed by atoms with Crippen molar-refractivity contribution in [2.24, 2.45) is 0 Å². The molecule has 0 saturated heterocycles. The van der Waals surface area contributed by atoms with Crippen LogP contribution in [0.5, 0.6) is 0 Å². The van der Waals surface area contributed by atoms with Gasteiger partial charge in [-0.3, -0.25) is 0 Å². The summed E-state index contributed by atoms with van der Waals surface area (Å²) in [4.78, 5) is 0. The van der Waals surface area contributed by atoms with Gasteiger partial charge in [0.25, 0.3) is 0 Å². The van der Waals surface area contributed by atoms with E-state index in [-0.39, 0.29) is 0 Å². The number of hydrogen-bond acceptors (Lipinski definition) is 3. The summed E-state index contributed by atoms with van der Waals surface area (Å²) < 4.78 is 40.4. The summed E-state index contributed by atoms with van der Waals surface area (Å²) in [5.74, 6) is 0.557. The van der Waals surface area contributed by atoms with Crippen LogP contribution in [-0.4, -0.2) is 19.6 Å². The average Bonchev–Trinajstić information content (AvgIpc) is 3.25. The Morgan fingerprint density at radius 1 is 0.724 bits per heavy atom. The Hall–Kier alpha value is -3.55. The molecule has 0 amide bonds. The van der Waals surface area contributed by atoms with E-state index in [9.17, 15) is 13.2 Å². The van der Waals surface area contributed by atoms with Crippen LogP contribution in [0.15, 0.2) is 72.8 Å². The van der Waals surface area contributed by atoms with Crippen LogP contribution in [0.4, 0.5) is 19.0 Å². The molecule has 0 radical (unpaired) electrons. The molecule has 0 unspecified atom stereocenters. The molecular formula is C21H20F3N5. The summed E-state index contributed by atoms with van der Waals surface area (Å²) in [6.07, 6.45) is -4.40. The standard InChI is InChI=1S/C11H9F3N2.C10H11N3/c1-8-7-10(11(12,13)14)15-16(8)9-5-3-2-4-6-9;1-8-7-10(11)12-13(8)9-5-3-2-4-6-9/h2-7H,1H3;2-7H,1H3,(H2,11,12). The Labute approximate surface area is 166 Å². The summed E-state index contributed by atoms with van der Waals surface area (Å²) in [6.45, 7) is 3.58. The summed E-state index contributed by atoms with van der Waals surface area (Å²) >= 11 is 0. The third kappa shape index (κ3) is 4.84. The first-order valence-corrected chi connectivity index (χ1v) is 8.82. The van der Waals surface area contributed by atoms with Crippen molar-refractivity contribution in [1.82, 2.24) is 19.6 Å². The van der Waals surface area contributed by atoms with Crippen LogP contribution >= 0.6 is 0 Å². The largest absolute Gasteiger partial charge is 0.435 e. The first-order valence-electron chi connectivity index (χ1n) is 8.82. The number of halogens is 3. The fourth-order valence-electron chi connectivity index (χ4n) is 2.77. The molecule has 0 aliphatic rings. The third-order valence-corrected chi connectivity index (χ3v) is 4.09. The molecule has 5 nitrogen and oxygen atoms in total. The highest BCUT2D eigenvalue weighted by Gasteiger charge is 2.34. The molecule has 8 heteroatoms. The van der Waals surface area contributed by atoms with Gasteiger partial charge in [0, 0.05) is 17.5 Å². The predicted molar refractivity (Wildman–Crippen MR) is 106 cm³/mol. The second-order valence-corrected chi connectivity index (χ2v) is 6.37. The fourth-order valence-corrected chi connectivity index (χ4v) is 2.77. The van der Waals surface area contributed by atoms with Crippen LogP contribution < -0.4 is 5.73 Å². The van der Waals surface area contributed by atoms with Gasteiger partial charge in [0.05, 0.1) is 11.4 Å². The van der Waals surface area contributed by atoms with Crippen molar-refractivity contribution in [3.63, 3.8) is 0 Å². The number of nitrogens with two attached hydrogens (primary N) is 1. The number of aryl methyl sites for hydroxylation is 2. The van der Waals surface area contributed by atoms with Crippen molar-refractivity contribution in [3.05, 3.63) is 89.9 Å². The monoisotopic (exact) mass is 399 g/mol. The molecule has 2 N–H and O–H groups in total. The van der Waals surface area contributed by atoms with Gasteiger partial charge in [0.15, 0.2) is 5.69 Å². The van der Waals surface area contributed by atoms with E-state index in [1.54, 1.807) is 37.3 Å². The van der Waals surface area contributed by atoms with Crippen LogP contribution in [0.2, 0.25) is 0 Å². The summed E-state index contributed by atoms with van der Waals surface area (Å²) in [6, 6.07) is 21.5. The maximum Gasteiger partial charge on any atom is 0.435 e. The Kier molecular flexibility index (Phi) is 5.72. The van der Waals surface area contributed by atoms with Gasteiger partial charge in [0.2, 0.25) is 0 Å². The van der Waals surface area contributed by atoms with Crippen molar-refractivity contribution in [2.75, 3.05) is 5.73 Å². The lowest BCUT2D eigenvalue weighted by molar-refractivity contribution is -0.141. The van der Waals surface area contributed by atoms with Crippen molar-refractivity contribution >= 4 is 5.82 Å². The number of para-hydroxylation sites is 2. The van der Waals surface area contributed by atoms with Gasteiger partial charge in [-0.25, -0.2) is 9.36 Å². The molecule has 0 bridgehead atoms. The van der Waals surface area contributed by atoms with Gasteiger partial charge in [-0.15, -0.1) is 0 Å². The lowest BCUT2D eigenvalue weighted by atomic mass is 10.3. The maximum atomic E-state index is 12.4. The Bertz CT molecular complexity index is 1070. The summed E-state index contributed by atoms with van der Waals surface area (Å²) in [7, 11) is 0. The average molecular weight is 399 g/mol. The number of alkyl halides is 3. The molecule has 0 fully saturated rings. The van der Waals surface area contributed by atoms with E-state index in [1.807, 2.05) is 48.0 Å². The smallest absolute Gasteiger partial charge is 0.382 e. The van der Waals surface area contributed by atoms with E-state index < -0.39 is 11.9 Å². The van der Waals surface area contributed by atoms with E-state index in [4.69, 9.17) is 5.73 Å². The quantitative estimate of drug-likeness (QED) is 0.518. The number of hydrogen-bond donors (Lipinski definition) is 1. The number of benzene rings is 2. The van der Waals surface area contributed by atoms with Gasteiger partial charge in [-0.1, -0.05) is 36.4 Å². The van der Waals surface area contributed by atoms with Gasteiger partial charge < -0.3 is 5.73 Å². The predicted octanol–water partition coefficient (Wildman–Crippen LogP) is 4.96. The van der Waals surface area contributed by atoms with E-state index in [0.29, 0.717) is 17.2 Å². The number of nitrogen functional groups attached to an aromatic ring is 1. The van der Waals surface area contributed by atoms with Gasteiger partial charge in [-0.05, 0) is 44.2 Å². The fraction of sp³-hybridized carbons (Fsp3) is 0.143. The molecule has 0 spiro atoms. The zero-order valence-electron chi connectivity index (χ0n) is 15.9. The normalized spacial score (nSPS) is 11.1. The van der Waals surface area contributed by atoms with E-state index in [0.717, 1.165) is 17.4 Å². The van der Waals surface area contributed by atoms with E-state index in [2.05, 4.69) is 10.2 Å². The molecule has 2 aromatic carbocycles. The minimum atomic E-state index is -4.40. The molecular weight excluding hydrogens is 379 g/mol. The molecule has 0 aliphatic carbocycles. The molecule has 4 rings (SSSR count). The first kappa shape index (κ1) is 20.2. The number of nitrogens with zero attached hydrogens (tertiary/aromatic N) is 4. The molecule has 150 valence electrons. The first-order chi connectivity index (χ1) is 13.8. The van der Waals surface area contributed by atoms with Gasteiger partial charge >= 0.3 is 6.18 Å². The molecule has 2 heterocycles. The SMILES string of the molecule is Cc1cc(C(F)(F)F)nn1-c1ccccc1.Cc1cc(N)nn1-c1ccccc1. The van der Waals surface area contributed by atoms with Crippen LogP contribution in [0.25, 0.3) is 11.4 Å². The maximum absolute atomic E-state index is 12.4. The van der Waals surface area contributed by atoms with Gasteiger partial charge in [0.1, 0.15) is 5.82 Å². The minimum absolute atomic E-state index is 0.457. The van der Waals surface area contributed by atoms with Crippen LogP contribution in [0.3, 0.4) is 0 Å². The van der Waals surface area contributed by atoms with E-state index >= 15 is 0 Å². The Balaban J connectivity index is 0.000000169. The summed E-state index contributed by atoms with van der Waals surface area (Å²) in [5, 5.41) is 7.72. The highest BCUT2D eigenvalue weighted by molar-refractivity contribution is 5.38. The molecule has 0 saturated carbocycles. The topological polar surface area (TPSA) is 61.7 Å².